The molecule has 1 aliphatic rings. The van der Waals surface area contributed by atoms with Crippen LogP contribution in [0, 0.1) is 0 Å². The zero-order chi connectivity index (χ0) is 24.7. The number of aryl methyl sites for hydroxylation is 1. The second-order valence-corrected chi connectivity index (χ2v) is 11.3. The third-order valence-corrected chi connectivity index (χ3v) is 7.08. The Bertz CT molecular complexity index is 1070. The Morgan fingerprint density at radius 3 is 2.56 bits per heavy atom. The molecular weight excluding hydrogens is 537 g/mol. The van der Waals surface area contributed by atoms with E-state index in [1.807, 2.05) is 30.3 Å². The Balaban J connectivity index is 1.72. The van der Waals surface area contributed by atoms with E-state index in [9.17, 15) is 9.59 Å². The highest BCUT2D eigenvalue weighted by molar-refractivity contribution is 7.80. The number of rotatable bonds is 7. The summed E-state index contributed by atoms with van der Waals surface area (Å²) in [5, 5.41) is 9.12. The predicted octanol–water partition coefficient (Wildman–Crippen LogP) is 5.62. The van der Waals surface area contributed by atoms with E-state index in [4.69, 9.17) is 51.8 Å². The van der Waals surface area contributed by atoms with Crippen LogP contribution in [0.4, 0.5) is 5.00 Å². The Labute approximate surface area is 223 Å². The average molecular weight is 561 g/mol. The van der Waals surface area contributed by atoms with Crippen molar-refractivity contribution in [1.29, 1.82) is 0 Å². The lowest BCUT2D eigenvalue weighted by atomic mass is 9.95. The molecule has 3 N–H and O–H groups in total. The van der Waals surface area contributed by atoms with Crippen molar-refractivity contribution in [2.24, 2.45) is 0 Å². The summed E-state index contributed by atoms with van der Waals surface area (Å²) < 4.78 is 3.36. The number of carbonyl (C=O) groups excluding carboxylic acids is 2. The summed E-state index contributed by atoms with van der Waals surface area (Å²) >= 11 is 25.1. The Morgan fingerprint density at radius 1 is 1.18 bits per heavy atom. The highest BCUT2D eigenvalue weighted by Gasteiger charge is 2.35. The Morgan fingerprint density at radius 2 is 1.88 bits per heavy atom. The molecule has 182 valence electrons. The third kappa shape index (κ3) is 7.33. The van der Waals surface area contributed by atoms with Crippen molar-refractivity contribution in [1.82, 2.24) is 10.6 Å². The molecule has 1 aromatic heterocycles. The molecule has 1 atom stereocenters. The number of anilines is 1. The first-order chi connectivity index (χ1) is 16.2. The van der Waals surface area contributed by atoms with Gasteiger partial charge in [0.05, 0.1) is 12.2 Å². The average Bonchev–Trinajstić information content (AvgIpc) is 3.15. The Hall–Kier alpha value is -1.84. The summed E-state index contributed by atoms with van der Waals surface area (Å²) in [4.78, 5) is 26.2. The number of alkyl halides is 3. The number of esters is 1. The van der Waals surface area contributed by atoms with Gasteiger partial charge in [0.2, 0.25) is 9.70 Å². The standard InChI is InChI=1S/C23H24Cl3N3O3S2/c1-2-32-20(31)18-15-10-6-7-11-16(15)34-19(18)28-22(33)29-21(23(24,25)26)27-17(30)13-12-14-8-4-3-5-9-14/h3-5,8-9,12-13,21H,2,6-7,10-11H2,1H3,(H,27,30)(H2,28,29,33)/b13-12+/t21-/m1/s1. The topological polar surface area (TPSA) is 79.5 Å². The van der Waals surface area contributed by atoms with Gasteiger partial charge >= 0.3 is 5.97 Å². The maximum atomic E-state index is 12.6. The van der Waals surface area contributed by atoms with Crippen LogP contribution in [0.3, 0.4) is 0 Å². The molecular formula is C23H24Cl3N3O3S2. The molecule has 2 aromatic rings. The van der Waals surface area contributed by atoms with Gasteiger partial charge in [0, 0.05) is 11.0 Å². The van der Waals surface area contributed by atoms with Crippen molar-refractivity contribution in [2.75, 3.05) is 11.9 Å². The van der Waals surface area contributed by atoms with E-state index in [0.29, 0.717) is 10.6 Å². The van der Waals surface area contributed by atoms with Gasteiger partial charge in [0.25, 0.3) is 0 Å². The molecule has 6 nitrogen and oxygen atoms in total. The molecule has 0 unspecified atom stereocenters. The molecule has 0 radical (unpaired) electrons. The number of benzene rings is 1. The van der Waals surface area contributed by atoms with Crippen molar-refractivity contribution in [3.63, 3.8) is 0 Å². The quantitative estimate of drug-likeness (QED) is 0.134. The minimum absolute atomic E-state index is 0.0906. The van der Waals surface area contributed by atoms with Crippen LogP contribution in [0.2, 0.25) is 0 Å². The molecule has 1 amide bonds. The predicted molar refractivity (Wildman–Crippen MR) is 144 cm³/mol. The normalized spacial score (nSPS) is 14.2. The first-order valence-electron chi connectivity index (χ1n) is 10.7. The summed E-state index contributed by atoms with van der Waals surface area (Å²) in [5.74, 6) is -0.876. The summed E-state index contributed by atoms with van der Waals surface area (Å²) in [6.07, 6.45) is 5.63. The maximum Gasteiger partial charge on any atom is 0.341 e. The number of halogens is 3. The zero-order valence-corrected chi connectivity index (χ0v) is 22.2. The summed E-state index contributed by atoms with van der Waals surface area (Å²) in [5.41, 5.74) is 2.34. The van der Waals surface area contributed by atoms with E-state index in [-0.39, 0.29) is 11.7 Å². The summed E-state index contributed by atoms with van der Waals surface area (Å²) in [6.45, 7) is 2.03. The molecule has 0 spiro atoms. The number of hydrogen-bond acceptors (Lipinski definition) is 5. The molecule has 0 saturated heterocycles. The fourth-order valence-corrected chi connectivity index (χ4v) is 5.36. The molecule has 1 heterocycles. The second-order valence-electron chi connectivity index (χ2n) is 7.46. The fourth-order valence-electron chi connectivity index (χ4n) is 3.47. The molecule has 34 heavy (non-hydrogen) atoms. The van der Waals surface area contributed by atoms with E-state index in [2.05, 4.69) is 16.0 Å². The van der Waals surface area contributed by atoms with Gasteiger partial charge in [0.1, 0.15) is 11.2 Å². The molecule has 1 aromatic carbocycles. The number of ether oxygens (including phenoxy) is 1. The largest absolute Gasteiger partial charge is 0.462 e. The smallest absolute Gasteiger partial charge is 0.341 e. The lowest BCUT2D eigenvalue weighted by Crippen LogP contribution is -2.55. The van der Waals surface area contributed by atoms with Gasteiger partial charge in [-0.3, -0.25) is 4.79 Å². The second kappa shape index (κ2) is 12.2. The van der Waals surface area contributed by atoms with Crippen LogP contribution in [0.15, 0.2) is 36.4 Å². The monoisotopic (exact) mass is 559 g/mol. The molecule has 0 fully saturated rings. The molecule has 0 aliphatic heterocycles. The first kappa shape index (κ1) is 26.8. The van der Waals surface area contributed by atoms with Gasteiger partial charge < -0.3 is 20.7 Å². The minimum atomic E-state index is -1.90. The van der Waals surface area contributed by atoms with Crippen LogP contribution < -0.4 is 16.0 Å². The maximum absolute atomic E-state index is 12.6. The third-order valence-electron chi connectivity index (χ3n) is 4.99. The number of nitrogens with one attached hydrogen (secondary N) is 3. The number of thiocarbonyl (C=S) groups is 1. The molecule has 1 aliphatic carbocycles. The van der Waals surface area contributed by atoms with E-state index < -0.39 is 21.8 Å². The van der Waals surface area contributed by atoms with Gasteiger partial charge in [-0.2, -0.15) is 0 Å². The van der Waals surface area contributed by atoms with Crippen molar-refractivity contribution >= 4 is 86.4 Å². The number of fused-ring (bicyclic) bond motifs is 1. The van der Waals surface area contributed by atoms with E-state index in [1.54, 1.807) is 13.0 Å². The van der Waals surface area contributed by atoms with Crippen molar-refractivity contribution in [2.45, 2.75) is 42.6 Å². The fraction of sp³-hybridized carbons (Fsp3) is 0.348. The molecule has 0 bridgehead atoms. The van der Waals surface area contributed by atoms with Crippen molar-refractivity contribution in [3.05, 3.63) is 58.0 Å². The minimum Gasteiger partial charge on any atom is -0.462 e. The summed E-state index contributed by atoms with van der Waals surface area (Å²) in [7, 11) is 0. The van der Waals surface area contributed by atoms with Crippen LogP contribution in [-0.2, 0) is 22.4 Å². The van der Waals surface area contributed by atoms with Crippen molar-refractivity contribution in [3.8, 4) is 0 Å². The van der Waals surface area contributed by atoms with Gasteiger partial charge in [-0.05, 0) is 62.0 Å². The first-order valence-corrected chi connectivity index (χ1v) is 13.0. The van der Waals surface area contributed by atoms with E-state index in [0.717, 1.165) is 41.7 Å². The lowest BCUT2D eigenvalue weighted by Gasteiger charge is -2.27. The highest BCUT2D eigenvalue weighted by atomic mass is 35.6. The zero-order valence-electron chi connectivity index (χ0n) is 18.3. The van der Waals surface area contributed by atoms with Gasteiger partial charge in [0.15, 0.2) is 5.11 Å². The number of carbonyl (C=O) groups is 2. The van der Waals surface area contributed by atoms with E-state index in [1.165, 1.54) is 17.4 Å². The van der Waals surface area contributed by atoms with Gasteiger partial charge in [-0.25, -0.2) is 4.79 Å². The van der Waals surface area contributed by atoms with Crippen LogP contribution in [0.1, 0.15) is 46.1 Å². The van der Waals surface area contributed by atoms with Gasteiger partial charge in [-0.15, -0.1) is 11.3 Å². The van der Waals surface area contributed by atoms with Crippen LogP contribution in [0.25, 0.3) is 6.08 Å². The number of hydrogen-bond donors (Lipinski definition) is 3. The molecule has 0 saturated carbocycles. The highest BCUT2D eigenvalue weighted by Crippen LogP contribution is 2.38. The molecule has 3 rings (SSSR count). The number of amides is 1. The van der Waals surface area contributed by atoms with Crippen molar-refractivity contribution < 1.29 is 14.3 Å². The number of thiophene rings is 1. The summed E-state index contributed by atoms with van der Waals surface area (Å²) in [6, 6.07) is 9.32. The SMILES string of the molecule is CCOC(=O)c1c(NC(=S)N[C@@H](NC(=O)/C=C/c2ccccc2)C(Cl)(Cl)Cl)sc2c1CCCC2. The lowest BCUT2D eigenvalue weighted by molar-refractivity contribution is -0.117. The molecule has 11 heteroatoms. The van der Waals surface area contributed by atoms with Gasteiger partial charge in [-0.1, -0.05) is 65.1 Å². The van der Waals surface area contributed by atoms with E-state index >= 15 is 0 Å². The van der Waals surface area contributed by atoms with Crippen LogP contribution in [-0.4, -0.2) is 33.6 Å². The Kier molecular flexibility index (Phi) is 9.62. The van der Waals surface area contributed by atoms with Crippen LogP contribution in [0.5, 0.6) is 0 Å². The van der Waals surface area contributed by atoms with Crippen LogP contribution >= 0.6 is 58.4 Å².